The van der Waals surface area contributed by atoms with Gasteiger partial charge >= 0.3 is 0 Å². The number of unbranched alkanes of at least 4 members (excludes halogenated alkanes) is 1. The average Bonchev–Trinajstić information content (AvgIpc) is 2.55. The van der Waals surface area contributed by atoms with Crippen LogP contribution < -0.4 is 8.92 Å². The predicted molar refractivity (Wildman–Crippen MR) is 86.4 cm³/mol. The van der Waals surface area contributed by atoms with Crippen LogP contribution in [-0.4, -0.2) is 11.5 Å². The van der Waals surface area contributed by atoms with E-state index in [9.17, 15) is 10.1 Å². The van der Waals surface area contributed by atoms with Crippen LogP contribution in [0.2, 0.25) is 0 Å². The van der Waals surface area contributed by atoms with Crippen molar-refractivity contribution in [2.45, 2.75) is 24.7 Å². The van der Waals surface area contributed by atoms with Crippen molar-refractivity contribution in [3.05, 3.63) is 58.6 Å². The molecule has 5 nitrogen and oxygen atoms in total. The van der Waals surface area contributed by atoms with Crippen molar-refractivity contribution in [3.63, 3.8) is 0 Å². The molecule has 22 heavy (non-hydrogen) atoms. The number of non-ortho nitro benzene ring substituents is 1. The Hall–Kier alpha value is -2.21. The van der Waals surface area contributed by atoms with E-state index in [-0.39, 0.29) is 5.69 Å². The molecule has 0 aliphatic rings. The lowest BCUT2D eigenvalue weighted by atomic mass is 10.3. The Morgan fingerprint density at radius 1 is 1.05 bits per heavy atom. The van der Waals surface area contributed by atoms with Gasteiger partial charge < -0.3 is 8.92 Å². The van der Waals surface area contributed by atoms with E-state index in [0.717, 1.165) is 35.5 Å². The van der Waals surface area contributed by atoms with Crippen molar-refractivity contribution in [2.24, 2.45) is 0 Å². The molecule has 6 heteroatoms. The minimum absolute atomic E-state index is 0.0675. The van der Waals surface area contributed by atoms with Gasteiger partial charge in [0.05, 0.1) is 23.6 Å². The first-order valence-corrected chi connectivity index (χ1v) is 7.75. The summed E-state index contributed by atoms with van der Waals surface area (Å²) >= 11 is 1.16. The maximum absolute atomic E-state index is 10.6. The van der Waals surface area contributed by atoms with Crippen molar-refractivity contribution < 1.29 is 13.8 Å². The normalized spacial score (nSPS) is 10.2. The van der Waals surface area contributed by atoms with Gasteiger partial charge in [0.25, 0.3) is 5.69 Å². The first kappa shape index (κ1) is 16.2. The molecule has 0 amide bonds. The monoisotopic (exact) mass is 319 g/mol. The lowest BCUT2D eigenvalue weighted by Crippen LogP contribution is -1.95. The van der Waals surface area contributed by atoms with Gasteiger partial charge in [-0.3, -0.25) is 10.1 Å². The molecule has 0 atom stereocenters. The van der Waals surface area contributed by atoms with Gasteiger partial charge in [-0.25, -0.2) is 0 Å². The van der Waals surface area contributed by atoms with Crippen LogP contribution in [0, 0.1) is 10.1 Å². The topological polar surface area (TPSA) is 61.6 Å². The first-order chi connectivity index (χ1) is 10.7. The summed E-state index contributed by atoms with van der Waals surface area (Å²) in [5.41, 5.74) is 0.0675. The van der Waals surface area contributed by atoms with E-state index in [1.165, 1.54) is 12.1 Å². The Kier molecular flexibility index (Phi) is 6.09. The molecule has 116 valence electrons. The molecule has 2 aromatic rings. The summed E-state index contributed by atoms with van der Waals surface area (Å²) in [5.74, 6) is 1.52. The van der Waals surface area contributed by atoms with Gasteiger partial charge in [-0.1, -0.05) is 13.3 Å². The highest BCUT2D eigenvalue weighted by Crippen LogP contribution is 2.26. The smallest absolute Gasteiger partial charge is 0.269 e. The summed E-state index contributed by atoms with van der Waals surface area (Å²) < 4.78 is 11.1. The van der Waals surface area contributed by atoms with Crippen molar-refractivity contribution in [3.8, 4) is 11.5 Å². The van der Waals surface area contributed by atoms with E-state index in [1.807, 2.05) is 24.3 Å². The minimum atomic E-state index is -0.424. The third-order valence-electron chi connectivity index (χ3n) is 2.87. The number of hydrogen-bond donors (Lipinski definition) is 0. The zero-order chi connectivity index (χ0) is 15.8. The van der Waals surface area contributed by atoms with E-state index < -0.39 is 4.92 Å². The summed E-state index contributed by atoms with van der Waals surface area (Å²) in [6, 6.07) is 13.6. The number of rotatable bonds is 8. The number of hydrogen-bond acceptors (Lipinski definition) is 5. The van der Waals surface area contributed by atoms with Gasteiger partial charge in [0, 0.05) is 17.0 Å². The SMILES string of the molecule is CCCCOc1ccc(OSc2ccc([N+](=O)[O-])cc2)cc1. The van der Waals surface area contributed by atoms with Gasteiger partial charge in [0.1, 0.15) is 11.5 Å². The van der Waals surface area contributed by atoms with Gasteiger partial charge in [-0.05, 0) is 42.8 Å². The molecule has 0 aromatic heterocycles. The summed E-state index contributed by atoms with van der Waals surface area (Å²) in [5, 5.41) is 10.6. The Bertz CT molecular complexity index is 599. The summed E-state index contributed by atoms with van der Waals surface area (Å²) in [6.45, 7) is 2.84. The maximum Gasteiger partial charge on any atom is 0.269 e. The fourth-order valence-corrected chi connectivity index (χ4v) is 2.20. The lowest BCUT2D eigenvalue weighted by Gasteiger charge is -2.07. The quantitative estimate of drug-likeness (QED) is 0.301. The number of ether oxygens (including phenoxy) is 1. The van der Waals surface area contributed by atoms with Crippen LogP contribution >= 0.6 is 12.0 Å². The van der Waals surface area contributed by atoms with Crippen LogP contribution in [0.4, 0.5) is 5.69 Å². The molecule has 0 spiro atoms. The van der Waals surface area contributed by atoms with Crippen molar-refractivity contribution in [1.29, 1.82) is 0 Å². The standard InChI is InChI=1S/C16H17NO4S/c1-2-3-12-20-14-6-8-15(9-7-14)21-22-16-10-4-13(5-11-16)17(18)19/h4-11H,2-3,12H2,1H3. The zero-order valence-electron chi connectivity index (χ0n) is 12.2. The second-order valence-corrected chi connectivity index (χ2v) is 5.40. The molecule has 0 radical (unpaired) electrons. The largest absolute Gasteiger partial charge is 0.494 e. The third kappa shape index (κ3) is 4.96. The Morgan fingerprint density at radius 3 is 2.27 bits per heavy atom. The van der Waals surface area contributed by atoms with Crippen LogP contribution in [0.25, 0.3) is 0 Å². The highest BCUT2D eigenvalue weighted by molar-refractivity contribution is 7.95. The lowest BCUT2D eigenvalue weighted by molar-refractivity contribution is -0.384. The molecular formula is C16H17NO4S. The Labute approximate surface area is 133 Å². The van der Waals surface area contributed by atoms with Crippen LogP contribution in [0.5, 0.6) is 11.5 Å². The molecule has 0 aliphatic heterocycles. The molecule has 0 saturated heterocycles. The maximum atomic E-state index is 10.6. The van der Waals surface area contributed by atoms with Crippen LogP contribution in [0.15, 0.2) is 53.4 Å². The molecule has 0 saturated carbocycles. The number of benzene rings is 2. The fraction of sp³-hybridized carbons (Fsp3) is 0.250. The van der Waals surface area contributed by atoms with Gasteiger partial charge in [0.2, 0.25) is 0 Å². The van der Waals surface area contributed by atoms with Crippen LogP contribution in [-0.2, 0) is 0 Å². The van der Waals surface area contributed by atoms with Gasteiger partial charge in [-0.15, -0.1) is 0 Å². The van der Waals surface area contributed by atoms with Crippen molar-refractivity contribution in [2.75, 3.05) is 6.61 Å². The average molecular weight is 319 g/mol. The Morgan fingerprint density at radius 2 is 1.68 bits per heavy atom. The van der Waals surface area contributed by atoms with E-state index in [2.05, 4.69) is 6.92 Å². The van der Waals surface area contributed by atoms with Crippen LogP contribution in [0.1, 0.15) is 19.8 Å². The molecule has 0 N–H and O–H groups in total. The number of nitro groups is 1. The highest BCUT2D eigenvalue weighted by atomic mass is 32.2. The molecule has 2 rings (SSSR count). The third-order valence-corrected chi connectivity index (χ3v) is 3.61. The van der Waals surface area contributed by atoms with E-state index in [0.29, 0.717) is 12.4 Å². The highest BCUT2D eigenvalue weighted by Gasteiger charge is 2.05. The second kappa shape index (κ2) is 8.29. The minimum Gasteiger partial charge on any atom is -0.494 e. The van der Waals surface area contributed by atoms with E-state index in [4.69, 9.17) is 8.92 Å². The summed E-state index contributed by atoms with van der Waals surface area (Å²) in [4.78, 5) is 10.9. The number of nitrogens with zero attached hydrogens (tertiary/aromatic N) is 1. The van der Waals surface area contributed by atoms with Crippen LogP contribution in [0.3, 0.4) is 0 Å². The Balaban J connectivity index is 1.84. The molecule has 2 aromatic carbocycles. The predicted octanol–water partition coefficient (Wildman–Crippen LogP) is 4.86. The summed E-state index contributed by atoms with van der Waals surface area (Å²) in [7, 11) is 0. The first-order valence-electron chi connectivity index (χ1n) is 7.01. The number of nitro benzene ring substituents is 1. The van der Waals surface area contributed by atoms with Gasteiger partial charge in [0.15, 0.2) is 0 Å². The second-order valence-electron chi connectivity index (χ2n) is 4.59. The molecule has 0 bridgehead atoms. The van der Waals surface area contributed by atoms with Crippen molar-refractivity contribution in [1.82, 2.24) is 0 Å². The van der Waals surface area contributed by atoms with Gasteiger partial charge in [-0.2, -0.15) is 0 Å². The van der Waals surface area contributed by atoms with E-state index >= 15 is 0 Å². The molecular weight excluding hydrogens is 302 g/mol. The van der Waals surface area contributed by atoms with Crippen molar-refractivity contribution >= 4 is 17.7 Å². The zero-order valence-corrected chi connectivity index (χ0v) is 13.0. The molecule has 0 unspecified atom stereocenters. The van der Waals surface area contributed by atoms with E-state index in [1.54, 1.807) is 12.1 Å². The molecule has 0 fully saturated rings. The molecule has 0 aliphatic carbocycles. The molecule has 0 heterocycles. The fourth-order valence-electron chi connectivity index (χ4n) is 1.65. The summed E-state index contributed by atoms with van der Waals surface area (Å²) in [6.07, 6.45) is 2.14.